The monoisotopic (exact) mass is 392 g/mol. The second-order valence-electron chi connectivity index (χ2n) is 6.18. The van der Waals surface area contributed by atoms with E-state index in [2.05, 4.69) is 9.97 Å². The van der Waals surface area contributed by atoms with Crippen LogP contribution in [0.1, 0.15) is 5.56 Å². The lowest BCUT2D eigenvalue weighted by Gasteiger charge is -2.13. The van der Waals surface area contributed by atoms with Crippen LogP contribution in [0.25, 0.3) is 22.3 Å². The summed E-state index contributed by atoms with van der Waals surface area (Å²) in [5, 5.41) is 1.10. The van der Waals surface area contributed by atoms with Crippen LogP contribution in [-0.4, -0.2) is 17.1 Å². The Bertz CT molecular complexity index is 1200. The minimum Gasteiger partial charge on any atom is -0.496 e. The molecule has 0 aliphatic heterocycles. The largest absolute Gasteiger partial charge is 0.496 e. The molecule has 0 atom stereocenters. The van der Waals surface area contributed by atoms with Crippen molar-refractivity contribution in [1.82, 2.24) is 9.97 Å². The van der Waals surface area contributed by atoms with Gasteiger partial charge in [-0.3, -0.25) is 4.79 Å². The fourth-order valence-corrected chi connectivity index (χ4v) is 3.17. The van der Waals surface area contributed by atoms with Gasteiger partial charge < -0.3 is 14.5 Å². The molecule has 0 aliphatic carbocycles. The number of hydrogen-bond acceptors (Lipinski definition) is 4. The smallest absolute Gasteiger partial charge is 0.259 e. The molecule has 3 aromatic carbocycles. The number of hydrogen-bond donors (Lipinski definition) is 1. The first kappa shape index (κ1) is 18.1. The van der Waals surface area contributed by atoms with E-state index in [4.69, 9.17) is 21.1 Å². The summed E-state index contributed by atoms with van der Waals surface area (Å²) in [6.45, 7) is 0.262. The predicted octanol–water partition coefficient (Wildman–Crippen LogP) is 4.83. The summed E-state index contributed by atoms with van der Waals surface area (Å²) in [6.07, 6.45) is 0. The average Bonchev–Trinajstić information content (AvgIpc) is 2.73. The summed E-state index contributed by atoms with van der Waals surface area (Å²) in [7, 11) is 1.60. The van der Waals surface area contributed by atoms with Gasteiger partial charge in [-0.25, -0.2) is 4.98 Å². The Kier molecular flexibility index (Phi) is 5.00. The van der Waals surface area contributed by atoms with Crippen LogP contribution in [-0.2, 0) is 6.61 Å². The second kappa shape index (κ2) is 7.74. The lowest BCUT2D eigenvalue weighted by molar-refractivity contribution is 0.297. The number of nitrogens with one attached hydrogen (secondary N) is 1. The second-order valence-corrected chi connectivity index (χ2v) is 6.58. The number of aromatic amines is 1. The first-order valence-corrected chi connectivity index (χ1v) is 9.07. The summed E-state index contributed by atoms with van der Waals surface area (Å²) in [6, 6.07) is 20.1. The van der Waals surface area contributed by atoms with Crippen molar-refractivity contribution in [3.8, 4) is 22.9 Å². The van der Waals surface area contributed by atoms with Crippen LogP contribution in [0, 0.1) is 0 Å². The fraction of sp³-hybridized carbons (Fsp3) is 0.0909. The summed E-state index contributed by atoms with van der Waals surface area (Å²) in [5.74, 6) is 1.76. The third-order valence-electron chi connectivity index (χ3n) is 4.39. The van der Waals surface area contributed by atoms with Gasteiger partial charge in [-0.2, -0.15) is 0 Å². The molecule has 4 aromatic rings. The molecule has 140 valence electrons. The Labute approximate surface area is 166 Å². The number of methoxy groups -OCH3 is 1. The van der Waals surface area contributed by atoms with Crippen molar-refractivity contribution >= 4 is 22.5 Å². The van der Waals surface area contributed by atoms with Crippen molar-refractivity contribution in [2.24, 2.45) is 0 Å². The van der Waals surface area contributed by atoms with Crippen LogP contribution in [0.15, 0.2) is 71.5 Å². The van der Waals surface area contributed by atoms with Gasteiger partial charge in [0.1, 0.15) is 23.9 Å². The van der Waals surface area contributed by atoms with E-state index in [1.54, 1.807) is 25.3 Å². The Morgan fingerprint density at radius 1 is 1.00 bits per heavy atom. The molecule has 4 rings (SSSR count). The number of rotatable bonds is 5. The quantitative estimate of drug-likeness (QED) is 0.528. The summed E-state index contributed by atoms with van der Waals surface area (Å²) < 4.78 is 11.3. The molecule has 0 bridgehead atoms. The Morgan fingerprint density at radius 2 is 1.79 bits per heavy atom. The van der Waals surface area contributed by atoms with Crippen LogP contribution < -0.4 is 15.0 Å². The Balaban J connectivity index is 1.70. The number of H-pyrrole nitrogens is 1. The third kappa shape index (κ3) is 3.57. The van der Waals surface area contributed by atoms with Gasteiger partial charge in [0.15, 0.2) is 0 Å². The van der Waals surface area contributed by atoms with Gasteiger partial charge in [0, 0.05) is 11.1 Å². The van der Waals surface area contributed by atoms with E-state index in [1.165, 1.54) is 0 Å². The molecule has 0 fully saturated rings. The SMILES string of the molecule is COc1ccc(-c2nc3ccccc3c(=O)[nH]2)cc1COc1ccccc1Cl. The molecular weight excluding hydrogens is 376 g/mol. The molecule has 6 heteroatoms. The zero-order chi connectivity index (χ0) is 19.5. The summed E-state index contributed by atoms with van der Waals surface area (Å²) >= 11 is 6.16. The summed E-state index contributed by atoms with van der Waals surface area (Å²) in [4.78, 5) is 19.8. The van der Waals surface area contributed by atoms with Crippen molar-refractivity contribution < 1.29 is 9.47 Å². The molecule has 5 nitrogen and oxygen atoms in total. The minimum absolute atomic E-state index is 0.176. The van der Waals surface area contributed by atoms with Crippen molar-refractivity contribution in [1.29, 1.82) is 0 Å². The highest BCUT2D eigenvalue weighted by Crippen LogP contribution is 2.28. The highest BCUT2D eigenvalue weighted by molar-refractivity contribution is 6.32. The van der Waals surface area contributed by atoms with E-state index in [-0.39, 0.29) is 12.2 Å². The number of para-hydroxylation sites is 2. The van der Waals surface area contributed by atoms with Crippen LogP contribution in [0.2, 0.25) is 5.02 Å². The molecule has 0 radical (unpaired) electrons. The fourth-order valence-electron chi connectivity index (χ4n) is 2.98. The Morgan fingerprint density at radius 3 is 2.61 bits per heavy atom. The molecule has 0 unspecified atom stereocenters. The minimum atomic E-state index is -0.176. The average molecular weight is 393 g/mol. The van der Waals surface area contributed by atoms with Crippen LogP contribution in [0.4, 0.5) is 0 Å². The van der Waals surface area contributed by atoms with Crippen LogP contribution in [0.5, 0.6) is 11.5 Å². The van der Waals surface area contributed by atoms with Crippen molar-refractivity contribution in [3.63, 3.8) is 0 Å². The maximum absolute atomic E-state index is 12.4. The zero-order valence-electron chi connectivity index (χ0n) is 15.1. The first-order valence-electron chi connectivity index (χ1n) is 8.69. The predicted molar refractivity (Wildman–Crippen MR) is 110 cm³/mol. The Hall–Kier alpha value is -3.31. The van der Waals surface area contributed by atoms with E-state index in [1.807, 2.05) is 48.5 Å². The number of halogens is 1. The number of aromatic nitrogens is 2. The number of fused-ring (bicyclic) bond motifs is 1. The molecule has 0 saturated carbocycles. The third-order valence-corrected chi connectivity index (χ3v) is 4.70. The van der Waals surface area contributed by atoms with Gasteiger partial charge in [-0.1, -0.05) is 35.9 Å². The highest BCUT2D eigenvalue weighted by atomic mass is 35.5. The topological polar surface area (TPSA) is 64.2 Å². The molecule has 1 heterocycles. The number of nitrogens with zero attached hydrogens (tertiary/aromatic N) is 1. The molecule has 1 N–H and O–H groups in total. The lowest BCUT2D eigenvalue weighted by atomic mass is 10.1. The van der Waals surface area contributed by atoms with Gasteiger partial charge in [0.2, 0.25) is 0 Å². The van der Waals surface area contributed by atoms with Gasteiger partial charge in [-0.15, -0.1) is 0 Å². The first-order chi connectivity index (χ1) is 13.7. The molecule has 0 spiro atoms. The summed E-state index contributed by atoms with van der Waals surface area (Å²) in [5.41, 5.74) is 2.05. The van der Waals surface area contributed by atoms with E-state index < -0.39 is 0 Å². The number of ether oxygens (including phenoxy) is 2. The molecule has 28 heavy (non-hydrogen) atoms. The van der Waals surface area contributed by atoms with Gasteiger partial charge in [0.25, 0.3) is 5.56 Å². The van der Waals surface area contributed by atoms with E-state index in [0.29, 0.717) is 33.2 Å². The van der Waals surface area contributed by atoms with Crippen molar-refractivity contribution in [2.75, 3.05) is 7.11 Å². The standard InChI is InChI=1S/C22H17ClN2O3/c1-27-19-11-10-14(12-15(19)13-28-20-9-5-3-7-17(20)23)21-24-18-8-4-2-6-16(18)22(26)25-21/h2-12H,13H2,1H3,(H,24,25,26). The molecule has 0 saturated heterocycles. The molecule has 0 amide bonds. The van der Waals surface area contributed by atoms with Crippen molar-refractivity contribution in [2.45, 2.75) is 6.61 Å². The lowest BCUT2D eigenvalue weighted by Crippen LogP contribution is -2.09. The van der Waals surface area contributed by atoms with Gasteiger partial charge in [-0.05, 0) is 42.5 Å². The molecule has 0 aliphatic rings. The van der Waals surface area contributed by atoms with Crippen LogP contribution >= 0.6 is 11.6 Å². The highest BCUT2D eigenvalue weighted by Gasteiger charge is 2.11. The van der Waals surface area contributed by atoms with Crippen molar-refractivity contribution in [3.05, 3.63) is 87.7 Å². The maximum Gasteiger partial charge on any atom is 0.259 e. The van der Waals surface area contributed by atoms with E-state index in [9.17, 15) is 4.79 Å². The van der Waals surface area contributed by atoms with Crippen LogP contribution in [0.3, 0.4) is 0 Å². The van der Waals surface area contributed by atoms with E-state index in [0.717, 1.165) is 11.1 Å². The van der Waals surface area contributed by atoms with Gasteiger partial charge in [0.05, 0.1) is 23.0 Å². The maximum atomic E-state index is 12.4. The van der Waals surface area contributed by atoms with Gasteiger partial charge >= 0.3 is 0 Å². The normalized spacial score (nSPS) is 10.8. The number of benzene rings is 3. The molecule has 1 aromatic heterocycles. The zero-order valence-corrected chi connectivity index (χ0v) is 15.9. The molecular formula is C22H17ClN2O3. The van der Waals surface area contributed by atoms with E-state index >= 15 is 0 Å².